The Morgan fingerprint density at radius 3 is 2.67 bits per heavy atom. The molecule has 36 heavy (non-hydrogen) atoms. The summed E-state index contributed by atoms with van der Waals surface area (Å²) in [5, 5.41) is 7.93. The van der Waals surface area contributed by atoms with Crippen LogP contribution in [0.4, 0.5) is 0 Å². The Bertz CT molecular complexity index is 1210. The quantitative estimate of drug-likeness (QED) is 0.481. The third-order valence-corrected chi connectivity index (χ3v) is 7.35. The second-order valence-corrected chi connectivity index (χ2v) is 9.92. The molecule has 0 bridgehead atoms. The van der Waals surface area contributed by atoms with Crippen molar-refractivity contribution in [3.63, 3.8) is 0 Å². The molecular weight excluding hydrogens is 456 g/mol. The van der Waals surface area contributed by atoms with Crippen LogP contribution in [0.1, 0.15) is 68.4 Å². The Labute approximate surface area is 211 Å². The molecule has 0 unspecified atom stereocenters. The van der Waals surface area contributed by atoms with E-state index in [4.69, 9.17) is 9.15 Å². The third kappa shape index (κ3) is 4.64. The predicted octanol–water partition coefficient (Wildman–Crippen LogP) is 4.80. The first-order valence-corrected chi connectivity index (χ1v) is 12.9. The molecule has 2 aromatic heterocycles. The van der Waals surface area contributed by atoms with Gasteiger partial charge in [0, 0.05) is 17.7 Å². The molecule has 5 rings (SSSR count). The van der Waals surface area contributed by atoms with Crippen molar-refractivity contribution in [2.45, 2.75) is 77.0 Å². The number of fused-ring (bicyclic) bond motifs is 1. The summed E-state index contributed by atoms with van der Waals surface area (Å²) in [6, 6.07) is 13.2. The molecule has 1 aliphatic carbocycles. The van der Waals surface area contributed by atoms with Crippen LogP contribution in [-0.4, -0.2) is 44.7 Å². The summed E-state index contributed by atoms with van der Waals surface area (Å²) in [6.07, 6.45) is 8.15. The predicted molar refractivity (Wildman–Crippen MR) is 135 cm³/mol. The van der Waals surface area contributed by atoms with Gasteiger partial charge in [-0.2, -0.15) is 5.10 Å². The largest absolute Gasteiger partial charge is 0.494 e. The van der Waals surface area contributed by atoms with Gasteiger partial charge < -0.3 is 19.4 Å². The Balaban J connectivity index is 1.51. The van der Waals surface area contributed by atoms with Crippen molar-refractivity contribution in [3.8, 4) is 17.2 Å². The van der Waals surface area contributed by atoms with E-state index in [0.29, 0.717) is 23.8 Å². The van der Waals surface area contributed by atoms with Crippen molar-refractivity contribution in [1.82, 2.24) is 20.0 Å². The Morgan fingerprint density at radius 1 is 1.17 bits per heavy atom. The summed E-state index contributed by atoms with van der Waals surface area (Å²) < 4.78 is 13.0. The first-order chi connectivity index (χ1) is 17.5. The average Bonchev–Trinajstić information content (AvgIpc) is 3.48. The molecular formula is C28H34N4O4. The van der Waals surface area contributed by atoms with Gasteiger partial charge in [0.2, 0.25) is 5.91 Å². The van der Waals surface area contributed by atoms with E-state index >= 15 is 0 Å². The molecule has 8 nitrogen and oxygen atoms in total. The lowest BCUT2D eigenvalue weighted by Gasteiger charge is -2.44. The van der Waals surface area contributed by atoms with Gasteiger partial charge in [0.05, 0.1) is 26.0 Å². The molecule has 2 amide bonds. The first kappa shape index (κ1) is 24.2. The number of furan rings is 1. The molecule has 8 heteroatoms. The number of carbonyl (C=O) groups excluding carboxylic acids is 2. The van der Waals surface area contributed by atoms with E-state index in [2.05, 4.69) is 10.4 Å². The highest BCUT2D eigenvalue weighted by Gasteiger charge is 2.48. The van der Waals surface area contributed by atoms with Crippen LogP contribution >= 0.6 is 0 Å². The van der Waals surface area contributed by atoms with Crippen molar-refractivity contribution < 1.29 is 18.7 Å². The number of hydrogen-bond acceptors (Lipinski definition) is 5. The molecule has 1 atom stereocenters. The minimum Gasteiger partial charge on any atom is -0.494 e. The molecule has 0 radical (unpaired) electrons. The Hall–Kier alpha value is -3.55. The average molecular weight is 491 g/mol. The second kappa shape index (κ2) is 10.2. The van der Waals surface area contributed by atoms with Crippen LogP contribution in [0, 0.1) is 0 Å². The monoisotopic (exact) mass is 490 g/mol. The van der Waals surface area contributed by atoms with Gasteiger partial charge in [-0.1, -0.05) is 43.9 Å². The zero-order valence-corrected chi connectivity index (χ0v) is 21.0. The summed E-state index contributed by atoms with van der Waals surface area (Å²) in [6.45, 7) is 4.80. The topological polar surface area (TPSA) is 89.6 Å². The number of carbonyl (C=O) groups is 2. The van der Waals surface area contributed by atoms with Gasteiger partial charge in [0.25, 0.3) is 5.91 Å². The van der Waals surface area contributed by atoms with E-state index in [1.165, 1.54) is 12.8 Å². The molecule has 0 saturated heterocycles. The van der Waals surface area contributed by atoms with Gasteiger partial charge in [0.1, 0.15) is 22.7 Å². The zero-order valence-electron chi connectivity index (χ0n) is 21.0. The lowest BCUT2D eigenvalue weighted by molar-refractivity contribution is -0.134. The minimum atomic E-state index is -1.12. The molecule has 1 aromatic carbocycles. The van der Waals surface area contributed by atoms with Crippen LogP contribution in [0.25, 0.3) is 11.5 Å². The minimum absolute atomic E-state index is 0.127. The fourth-order valence-corrected chi connectivity index (χ4v) is 5.30. The van der Waals surface area contributed by atoms with E-state index in [1.54, 1.807) is 28.0 Å². The van der Waals surface area contributed by atoms with Crippen molar-refractivity contribution in [2.24, 2.45) is 0 Å². The number of para-hydroxylation sites is 1. The molecule has 1 saturated carbocycles. The number of rotatable bonds is 7. The summed E-state index contributed by atoms with van der Waals surface area (Å²) in [5.74, 6) is 0.922. The van der Waals surface area contributed by atoms with E-state index in [-0.39, 0.29) is 30.9 Å². The number of aromatic nitrogens is 2. The van der Waals surface area contributed by atoms with Gasteiger partial charge in [-0.15, -0.1) is 0 Å². The maximum atomic E-state index is 14.0. The normalized spacial score (nSPS) is 20.6. The van der Waals surface area contributed by atoms with Gasteiger partial charge in [-0.05, 0) is 44.9 Å². The van der Waals surface area contributed by atoms with Gasteiger partial charge in [-0.3, -0.25) is 14.3 Å². The van der Waals surface area contributed by atoms with Crippen molar-refractivity contribution in [2.75, 3.05) is 6.61 Å². The number of hydrogen-bond donors (Lipinski definition) is 1. The molecule has 3 aromatic rings. The highest BCUT2D eigenvalue weighted by molar-refractivity contribution is 6.00. The maximum Gasteiger partial charge on any atom is 0.273 e. The molecule has 1 N–H and O–H groups in total. The SMILES string of the molecule is CCOc1ccccc1CN1C(=O)c2cc(-c3ccco3)nn2C[C@@]1(C)C(=O)NC1CCCCCC1. The molecule has 1 aliphatic heterocycles. The van der Waals surface area contributed by atoms with Gasteiger partial charge >= 0.3 is 0 Å². The van der Waals surface area contributed by atoms with Crippen LogP contribution in [0.15, 0.2) is 53.1 Å². The summed E-state index contributed by atoms with van der Waals surface area (Å²) in [4.78, 5) is 29.5. The van der Waals surface area contributed by atoms with Crippen LogP contribution in [-0.2, 0) is 17.9 Å². The van der Waals surface area contributed by atoms with Crippen molar-refractivity contribution in [3.05, 3.63) is 60.0 Å². The standard InChI is InChI=1S/C28H34N4O4/c1-3-35-24-14-9-8-11-20(24)18-31-26(33)23-17-22(25-15-10-16-36-25)30-32(23)19-28(31,2)27(34)29-21-12-6-4-5-7-13-21/h8-11,14-17,21H,3-7,12-13,18-19H2,1-2H3,(H,29,34)/t28-/m0/s1. The summed E-state index contributed by atoms with van der Waals surface area (Å²) in [7, 11) is 0. The van der Waals surface area contributed by atoms with E-state index in [9.17, 15) is 9.59 Å². The van der Waals surface area contributed by atoms with Gasteiger partial charge in [-0.25, -0.2) is 0 Å². The number of nitrogens with one attached hydrogen (secondary N) is 1. The van der Waals surface area contributed by atoms with Crippen LogP contribution in [0.2, 0.25) is 0 Å². The molecule has 0 spiro atoms. The smallest absolute Gasteiger partial charge is 0.273 e. The number of ether oxygens (including phenoxy) is 1. The second-order valence-electron chi connectivity index (χ2n) is 9.92. The summed E-state index contributed by atoms with van der Waals surface area (Å²) >= 11 is 0. The van der Waals surface area contributed by atoms with Crippen LogP contribution < -0.4 is 10.1 Å². The highest BCUT2D eigenvalue weighted by atomic mass is 16.5. The van der Waals surface area contributed by atoms with Gasteiger partial charge in [0.15, 0.2) is 5.76 Å². The number of nitrogens with zero attached hydrogens (tertiary/aromatic N) is 3. The van der Waals surface area contributed by atoms with Crippen molar-refractivity contribution in [1.29, 1.82) is 0 Å². The maximum absolute atomic E-state index is 14.0. The molecule has 190 valence electrons. The Kier molecular flexibility index (Phi) is 6.85. The number of amides is 2. The van der Waals surface area contributed by atoms with Crippen LogP contribution in [0.3, 0.4) is 0 Å². The molecule has 2 aliphatic rings. The molecule has 1 fully saturated rings. The highest BCUT2D eigenvalue weighted by Crippen LogP contribution is 2.33. The third-order valence-electron chi connectivity index (χ3n) is 7.35. The fourth-order valence-electron chi connectivity index (χ4n) is 5.30. The lowest BCUT2D eigenvalue weighted by atomic mass is 9.93. The molecule has 3 heterocycles. The van der Waals surface area contributed by atoms with E-state index < -0.39 is 5.54 Å². The van der Waals surface area contributed by atoms with Crippen LogP contribution in [0.5, 0.6) is 5.75 Å². The first-order valence-electron chi connectivity index (χ1n) is 12.9. The zero-order chi connectivity index (χ0) is 25.1. The van der Waals surface area contributed by atoms with E-state index in [1.807, 2.05) is 44.2 Å². The number of benzene rings is 1. The van der Waals surface area contributed by atoms with Crippen molar-refractivity contribution >= 4 is 11.8 Å². The lowest BCUT2D eigenvalue weighted by Crippen LogP contribution is -2.64. The summed E-state index contributed by atoms with van der Waals surface area (Å²) in [5.41, 5.74) is 0.754. The Morgan fingerprint density at radius 2 is 1.94 bits per heavy atom. The fraction of sp³-hybridized carbons (Fsp3) is 0.464. The van der Waals surface area contributed by atoms with E-state index in [0.717, 1.165) is 37.0 Å².